The molecule has 19 heavy (non-hydrogen) atoms. The van der Waals surface area contributed by atoms with Crippen LogP contribution in [0.25, 0.3) is 0 Å². The lowest BCUT2D eigenvalue weighted by Crippen LogP contribution is -2.43. The lowest BCUT2D eigenvalue weighted by molar-refractivity contribution is -0.118. The maximum atomic E-state index is 11.0. The van der Waals surface area contributed by atoms with Crippen LogP contribution in [0.15, 0.2) is 30.3 Å². The van der Waals surface area contributed by atoms with Crippen molar-refractivity contribution in [2.45, 2.75) is 57.0 Å². The van der Waals surface area contributed by atoms with Crippen molar-refractivity contribution in [2.24, 2.45) is 5.73 Å². The first-order valence-electron chi connectivity index (χ1n) is 7.26. The van der Waals surface area contributed by atoms with Crippen LogP contribution in [0.2, 0.25) is 0 Å². The van der Waals surface area contributed by atoms with Crippen LogP contribution in [0.1, 0.15) is 50.5 Å². The summed E-state index contributed by atoms with van der Waals surface area (Å²) in [6.07, 6.45) is 5.39. The summed E-state index contributed by atoms with van der Waals surface area (Å²) < 4.78 is 0. The van der Waals surface area contributed by atoms with Crippen molar-refractivity contribution in [3.05, 3.63) is 35.9 Å². The standard InChI is InChI=1S/C16H24N2O/c1-12(11-16(17)19)18-15-10-6-5-9-14(15)13-7-3-2-4-8-13/h2-4,7-8,12,14-15,18H,5-6,9-11H2,1H3,(H2,17,19). The molecular weight excluding hydrogens is 236 g/mol. The molecule has 1 fully saturated rings. The second-order valence-corrected chi connectivity index (χ2v) is 5.65. The number of carbonyl (C=O) groups is 1. The second-order valence-electron chi connectivity index (χ2n) is 5.65. The van der Waals surface area contributed by atoms with Gasteiger partial charge >= 0.3 is 0 Å². The highest BCUT2D eigenvalue weighted by atomic mass is 16.1. The van der Waals surface area contributed by atoms with Gasteiger partial charge in [-0.2, -0.15) is 0 Å². The molecule has 0 heterocycles. The second kappa shape index (κ2) is 6.71. The van der Waals surface area contributed by atoms with Crippen molar-refractivity contribution in [1.29, 1.82) is 0 Å². The quantitative estimate of drug-likeness (QED) is 0.855. The normalized spacial score (nSPS) is 24.9. The molecule has 0 aliphatic heterocycles. The predicted molar refractivity (Wildman–Crippen MR) is 77.8 cm³/mol. The number of nitrogens with two attached hydrogens (primary N) is 1. The molecule has 0 bridgehead atoms. The highest BCUT2D eigenvalue weighted by Crippen LogP contribution is 2.33. The first kappa shape index (κ1) is 14.1. The third-order valence-corrected chi connectivity index (χ3v) is 4.00. The van der Waals surface area contributed by atoms with Gasteiger partial charge in [-0.1, -0.05) is 43.2 Å². The molecule has 104 valence electrons. The highest BCUT2D eigenvalue weighted by molar-refractivity contribution is 5.74. The number of rotatable bonds is 5. The number of amides is 1. The van der Waals surface area contributed by atoms with Gasteiger partial charge in [-0.15, -0.1) is 0 Å². The van der Waals surface area contributed by atoms with Gasteiger partial charge in [0.25, 0.3) is 0 Å². The van der Waals surface area contributed by atoms with Crippen LogP contribution < -0.4 is 11.1 Å². The van der Waals surface area contributed by atoms with Gasteiger partial charge in [0.1, 0.15) is 0 Å². The third-order valence-electron chi connectivity index (χ3n) is 4.00. The van der Waals surface area contributed by atoms with Crippen molar-refractivity contribution in [3.63, 3.8) is 0 Å². The van der Waals surface area contributed by atoms with Crippen LogP contribution in [0, 0.1) is 0 Å². The summed E-state index contributed by atoms with van der Waals surface area (Å²) in [7, 11) is 0. The summed E-state index contributed by atoms with van der Waals surface area (Å²) in [4.78, 5) is 11.0. The summed E-state index contributed by atoms with van der Waals surface area (Å²) in [5.41, 5.74) is 6.67. The minimum atomic E-state index is -0.230. The van der Waals surface area contributed by atoms with E-state index in [9.17, 15) is 4.79 Å². The Morgan fingerprint density at radius 2 is 2.00 bits per heavy atom. The average Bonchev–Trinajstić information content (AvgIpc) is 2.39. The Hall–Kier alpha value is -1.35. The van der Waals surface area contributed by atoms with Gasteiger partial charge in [-0.25, -0.2) is 0 Å². The Balaban J connectivity index is 2.02. The topological polar surface area (TPSA) is 55.1 Å². The Bertz CT molecular complexity index is 404. The van der Waals surface area contributed by atoms with E-state index in [1.54, 1.807) is 0 Å². The monoisotopic (exact) mass is 260 g/mol. The molecule has 1 aromatic rings. The van der Waals surface area contributed by atoms with Crippen LogP contribution in [0.3, 0.4) is 0 Å². The van der Waals surface area contributed by atoms with Gasteiger partial charge in [0.2, 0.25) is 5.91 Å². The lowest BCUT2D eigenvalue weighted by Gasteiger charge is -2.34. The molecular formula is C16H24N2O. The van der Waals surface area contributed by atoms with Crippen LogP contribution in [-0.2, 0) is 4.79 Å². The zero-order chi connectivity index (χ0) is 13.7. The molecule has 1 aliphatic rings. The summed E-state index contributed by atoms with van der Waals surface area (Å²) in [5, 5.41) is 3.60. The molecule has 1 aliphatic carbocycles. The maximum absolute atomic E-state index is 11.0. The zero-order valence-electron chi connectivity index (χ0n) is 11.6. The Morgan fingerprint density at radius 3 is 2.68 bits per heavy atom. The zero-order valence-corrected chi connectivity index (χ0v) is 11.6. The average molecular weight is 260 g/mol. The molecule has 3 unspecified atom stereocenters. The summed E-state index contributed by atoms with van der Waals surface area (Å²) >= 11 is 0. The summed E-state index contributed by atoms with van der Waals surface area (Å²) in [6, 6.07) is 11.3. The first-order valence-corrected chi connectivity index (χ1v) is 7.26. The molecule has 0 radical (unpaired) electrons. The molecule has 3 atom stereocenters. The fraction of sp³-hybridized carbons (Fsp3) is 0.562. The van der Waals surface area contributed by atoms with Crippen LogP contribution in [-0.4, -0.2) is 18.0 Å². The van der Waals surface area contributed by atoms with Gasteiger partial charge in [0.15, 0.2) is 0 Å². The third kappa shape index (κ3) is 4.06. The smallest absolute Gasteiger partial charge is 0.218 e. The molecule has 3 N–H and O–H groups in total. The molecule has 0 spiro atoms. The van der Waals surface area contributed by atoms with E-state index in [1.807, 2.05) is 6.92 Å². The van der Waals surface area contributed by atoms with E-state index < -0.39 is 0 Å². The van der Waals surface area contributed by atoms with Gasteiger partial charge in [-0.3, -0.25) is 4.79 Å². The fourth-order valence-corrected chi connectivity index (χ4v) is 3.16. The number of benzene rings is 1. The molecule has 3 heteroatoms. The molecule has 0 saturated heterocycles. The van der Waals surface area contributed by atoms with E-state index in [-0.39, 0.29) is 11.9 Å². The van der Waals surface area contributed by atoms with E-state index in [0.717, 1.165) is 0 Å². The minimum Gasteiger partial charge on any atom is -0.370 e. The number of primary amides is 1. The molecule has 3 nitrogen and oxygen atoms in total. The Morgan fingerprint density at radius 1 is 1.32 bits per heavy atom. The number of carbonyl (C=O) groups excluding carboxylic acids is 1. The Kier molecular flexibility index (Phi) is 4.97. The SMILES string of the molecule is CC(CC(N)=O)NC1CCCCC1c1ccccc1. The van der Waals surface area contributed by atoms with E-state index in [4.69, 9.17) is 5.73 Å². The van der Waals surface area contributed by atoms with E-state index >= 15 is 0 Å². The van der Waals surface area contributed by atoms with Crippen molar-refractivity contribution < 1.29 is 4.79 Å². The van der Waals surface area contributed by atoms with Crippen LogP contribution in [0.4, 0.5) is 0 Å². The highest BCUT2D eigenvalue weighted by Gasteiger charge is 2.27. The first-order chi connectivity index (χ1) is 9.16. The molecule has 1 amide bonds. The van der Waals surface area contributed by atoms with Crippen LogP contribution in [0.5, 0.6) is 0 Å². The Labute approximate surface area is 115 Å². The van der Waals surface area contributed by atoms with E-state index in [0.29, 0.717) is 18.4 Å². The minimum absolute atomic E-state index is 0.159. The van der Waals surface area contributed by atoms with Crippen molar-refractivity contribution >= 4 is 5.91 Å². The maximum Gasteiger partial charge on any atom is 0.218 e. The van der Waals surface area contributed by atoms with Crippen molar-refractivity contribution in [2.75, 3.05) is 0 Å². The van der Waals surface area contributed by atoms with Gasteiger partial charge in [-0.05, 0) is 31.2 Å². The summed E-state index contributed by atoms with van der Waals surface area (Å²) in [6.45, 7) is 2.04. The number of hydrogen-bond acceptors (Lipinski definition) is 2. The van der Waals surface area contributed by atoms with Gasteiger partial charge < -0.3 is 11.1 Å². The van der Waals surface area contributed by atoms with Gasteiger partial charge in [0.05, 0.1) is 0 Å². The predicted octanol–water partition coefficient (Wildman–Crippen LogP) is 2.57. The summed E-state index contributed by atoms with van der Waals surface area (Å²) in [5.74, 6) is 0.331. The largest absolute Gasteiger partial charge is 0.370 e. The van der Waals surface area contributed by atoms with E-state index in [2.05, 4.69) is 35.6 Å². The van der Waals surface area contributed by atoms with Crippen molar-refractivity contribution in [3.8, 4) is 0 Å². The van der Waals surface area contributed by atoms with Crippen molar-refractivity contribution in [1.82, 2.24) is 5.32 Å². The molecule has 1 aromatic carbocycles. The molecule has 0 aromatic heterocycles. The van der Waals surface area contributed by atoms with E-state index in [1.165, 1.54) is 31.2 Å². The lowest BCUT2D eigenvalue weighted by atomic mass is 9.79. The molecule has 1 saturated carbocycles. The number of nitrogens with one attached hydrogen (secondary N) is 1. The number of hydrogen-bond donors (Lipinski definition) is 2. The van der Waals surface area contributed by atoms with Crippen LogP contribution >= 0.6 is 0 Å². The molecule has 2 rings (SSSR count). The van der Waals surface area contributed by atoms with Gasteiger partial charge in [0, 0.05) is 18.5 Å². The fourth-order valence-electron chi connectivity index (χ4n) is 3.16.